The van der Waals surface area contributed by atoms with Crippen molar-refractivity contribution in [3.8, 4) is 0 Å². The molecule has 0 saturated carbocycles. The lowest BCUT2D eigenvalue weighted by Gasteiger charge is -2.32. The van der Waals surface area contributed by atoms with Crippen molar-refractivity contribution in [3.05, 3.63) is 12.4 Å². The minimum Gasteiger partial charge on any atom is -0.399 e. The molecule has 0 radical (unpaired) electrons. The van der Waals surface area contributed by atoms with Crippen LogP contribution in [0.15, 0.2) is 12.4 Å². The molecular formula is C13H21BN2O4. The molecule has 0 spiro atoms. The molecule has 2 aliphatic heterocycles. The molecule has 0 bridgehead atoms. The van der Waals surface area contributed by atoms with E-state index in [1.165, 1.54) is 0 Å². The van der Waals surface area contributed by atoms with E-state index < -0.39 is 13.2 Å². The molecular weight excluding hydrogens is 259 g/mol. The maximum Gasteiger partial charge on any atom is 0.498 e. The zero-order valence-corrected chi connectivity index (χ0v) is 12.4. The quantitative estimate of drug-likeness (QED) is 0.779. The van der Waals surface area contributed by atoms with E-state index in [1.54, 1.807) is 10.9 Å². The van der Waals surface area contributed by atoms with Crippen molar-refractivity contribution in [2.24, 2.45) is 0 Å². The van der Waals surface area contributed by atoms with Crippen molar-refractivity contribution >= 4 is 12.6 Å². The first-order valence-corrected chi connectivity index (χ1v) is 6.96. The highest BCUT2D eigenvalue weighted by atomic mass is 16.7. The summed E-state index contributed by atoms with van der Waals surface area (Å²) < 4.78 is 19.0. The molecule has 7 heteroatoms. The Kier molecular flexibility index (Phi) is 3.21. The van der Waals surface area contributed by atoms with Gasteiger partial charge in [-0.2, -0.15) is 5.10 Å². The molecule has 6 nitrogen and oxygen atoms in total. The number of hydrogen-bond donors (Lipinski definition) is 1. The topological polar surface area (TPSA) is 65.7 Å². The third-order valence-electron chi connectivity index (χ3n) is 4.51. The van der Waals surface area contributed by atoms with Crippen molar-refractivity contribution in [1.29, 1.82) is 0 Å². The van der Waals surface area contributed by atoms with Crippen LogP contribution in [0.4, 0.5) is 0 Å². The number of hydrogen-bond acceptors (Lipinski definition) is 5. The Morgan fingerprint density at radius 1 is 1.25 bits per heavy atom. The summed E-state index contributed by atoms with van der Waals surface area (Å²) in [5.74, 6) is 0. The summed E-state index contributed by atoms with van der Waals surface area (Å²) >= 11 is 0. The lowest BCUT2D eigenvalue weighted by Crippen LogP contribution is -2.41. The molecule has 3 heterocycles. The van der Waals surface area contributed by atoms with Gasteiger partial charge in [-0.1, -0.05) is 0 Å². The molecule has 0 amide bonds. The van der Waals surface area contributed by atoms with Gasteiger partial charge < -0.3 is 19.2 Å². The third kappa shape index (κ3) is 2.18. The van der Waals surface area contributed by atoms with Gasteiger partial charge in [-0.25, -0.2) is 0 Å². The molecule has 110 valence electrons. The predicted molar refractivity (Wildman–Crippen MR) is 73.8 cm³/mol. The predicted octanol–water partition coefficient (Wildman–Crippen LogP) is 0.114. The summed E-state index contributed by atoms with van der Waals surface area (Å²) in [4.78, 5) is 0. The number of aliphatic hydroxyl groups is 1. The van der Waals surface area contributed by atoms with Crippen LogP contribution in [0.25, 0.3) is 0 Å². The Hall–Kier alpha value is -0.885. The Morgan fingerprint density at radius 2 is 1.90 bits per heavy atom. The van der Waals surface area contributed by atoms with E-state index in [1.807, 2.05) is 33.9 Å². The summed E-state index contributed by atoms with van der Waals surface area (Å²) in [6.45, 7) is 8.91. The molecule has 2 aliphatic rings. The SMILES string of the molecule is CC1(C)OB(c2cnn(C3COCC3O)c2)OC1(C)C. The molecule has 1 aromatic heterocycles. The fourth-order valence-corrected chi connectivity index (χ4v) is 2.42. The van der Waals surface area contributed by atoms with Gasteiger partial charge in [0.05, 0.1) is 24.4 Å². The van der Waals surface area contributed by atoms with Gasteiger partial charge in [-0.3, -0.25) is 4.68 Å². The van der Waals surface area contributed by atoms with E-state index in [9.17, 15) is 5.11 Å². The number of aliphatic hydroxyl groups excluding tert-OH is 1. The molecule has 20 heavy (non-hydrogen) atoms. The van der Waals surface area contributed by atoms with Gasteiger partial charge in [0.15, 0.2) is 0 Å². The lowest BCUT2D eigenvalue weighted by molar-refractivity contribution is 0.00578. The molecule has 2 saturated heterocycles. The van der Waals surface area contributed by atoms with E-state index in [0.717, 1.165) is 5.46 Å². The van der Waals surface area contributed by atoms with Crippen LogP contribution in [0.5, 0.6) is 0 Å². The zero-order valence-electron chi connectivity index (χ0n) is 12.4. The van der Waals surface area contributed by atoms with E-state index in [0.29, 0.717) is 13.2 Å². The minimum absolute atomic E-state index is 0.133. The summed E-state index contributed by atoms with van der Waals surface area (Å²) in [6, 6.07) is -0.133. The van der Waals surface area contributed by atoms with E-state index >= 15 is 0 Å². The fourth-order valence-electron chi connectivity index (χ4n) is 2.42. The Bertz CT molecular complexity index is 486. The Morgan fingerprint density at radius 3 is 2.45 bits per heavy atom. The smallest absolute Gasteiger partial charge is 0.399 e. The van der Waals surface area contributed by atoms with Crippen LogP contribution in [0.3, 0.4) is 0 Å². The second-order valence-electron chi connectivity index (χ2n) is 6.51. The van der Waals surface area contributed by atoms with Crippen molar-refractivity contribution in [2.45, 2.75) is 51.0 Å². The molecule has 0 aromatic carbocycles. The van der Waals surface area contributed by atoms with Crippen LogP contribution in [-0.2, 0) is 14.0 Å². The van der Waals surface area contributed by atoms with E-state index in [4.69, 9.17) is 14.0 Å². The summed E-state index contributed by atoms with van der Waals surface area (Å²) in [6.07, 6.45) is 3.08. The molecule has 1 N–H and O–H groups in total. The van der Waals surface area contributed by atoms with Gasteiger partial charge >= 0.3 is 7.12 Å². The average molecular weight is 280 g/mol. The number of rotatable bonds is 2. The van der Waals surface area contributed by atoms with Crippen molar-refractivity contribution < 1.29 is 19.2 Å². The van der Waals surface area contributed by atoms with Crippen molar-refractivity contribution in [3.63, 3.8) is 0 Å². The first kappa shape index (κ1) is 14.1. The number of aromatic nitrogens is 2. The van der Waals surface area contributed by atoms with Crippen LogP contribution in [-0.4, -0.2) is 52.5 Å². The zero-order chi connectivity index (χ0) is 14.5. The number of nitrogens with zero attached hydrogens (tertiary/aromatic N) is 2. The third-order valence-corrected chi connectivity index (χ3v) is 4.51. The lowest BCUT2D eigenvalue weighted by atomic mass is 9.82. The van der Waals surface area contributed by atoms with Gasteiger partial charge in [0.25, 0.3) is 0 Å². The van der Waals surface area contributed by atoms with Crippen LogP contribution < -0.4 is 5.46 Å². The summed E-state index contributed by atoms with van der Waals surface area (Å²) in [5.41, 5.74) is 0.133. The van der Waals surface area contributed by atoms with Crippen LogP contribution in [0, 0.1) is 0 Å². The fraction of sp³-hybridized carbons (Fsp3) is 0.769. The van der Waals surface area contributed by atoms with Gasteiger partial charge in [-0.05, 0) is 27.7 Å². The first-order chi connectivity index (χ1) is 9.30. The van der Waals surface area contributed by atoms with Gasteiger partial charge in [0, 0.05) is 17.9 Å². The largest absolute Gasteiger partial charge is 0.498 e. The van der Waals surface area contributed by atoms with E-state index in [2.05, 4.69) is 5.10 Å². The molecule has 2 unspecified atom stereocenters. The summed E-state index contributed by atoms with van der Waals surface area (Å²) in [7, 11) is -0.423. The first-order valence-electron chi connectivity index (χ1n) is 6.96. The number of ether oxygens (including phenoxy) is 1. The van der Waals surface area contributed by atoms with Crippen molar-refractivity contribution in [2.75, 3.05) is 13.2 Å². The molecule has 3 rings (SSSR count). The van der Waals surface area contributed by atoms with Crippen LogP contribution >= 0.6 is 0 Å². The Balaban J connectivity index is 1.78. The second kappa shape index (κ2) is 4.56. The average Bonchev–Trinajstić information content (AvgIpc) is 2.98. The monoisotopic (exact) mass is 280 g/mol. The van der Waals surface area contributed by atoms with E-state index in [-0.39, 0.29) is 17.2 Å². The molecule has 2 atom stereocenters. The van der Waals surface area contributed by atoms with Gasteiger partial charge in [0.2, 0.25) is 0 Å². The molecule has 1 aromatic rings. The van der Waals surface area contributed by atoms with Crippen molar-refractivity contribution in [1.82, 2.24) is 9.78 Å². The second-order valence-corrected chi connectivity index (χ2v) is 6.51. The highest BCUT2D eigenvalue weighted by Gasteiger charge is 2.52. The van der Waals surface area contributed by atoms with Gasteiger partial charge in [0.1, 0.15) is 12.1 Å². The highest BCUT2D eigenvalue weighted by Crippen LogP contribution is 2.36. The van der Waals surface area contributed by atoms with Gasteiger partial charge in [-0.15, -0.1) is 0 Å². The van der Waals surface area contributed by atoms with Crippen LogP contribution in [0.1, 0.15) is 33.7 Å². The standard InChI is InChI=1S/C13H21BN2O4/c1-12(2)13(3,4)20-14(19-12)9-5-15-16(6-9)10-7-18-8-11(10)17/h5-6,10-11,17H,7-8H2,1-4H3. The molecule has 2 fully saturated rings. The highest BCUT2D eigenvalue weighted by molar-refractivity contribution is 6.61. The minimum atomic E-state index is -0.513. The van der Waals surface area contributed by atoms with Crippen LogP contribution in [0.2, 0.25) is 0 Å². The normalized spacial score (nSPS) is 31.9. The molecule has 0 aliphatic carbocycles. The summed E-state index contributed by atoms with van der Waals surface area (Å²) in [5, 5.41) is 14.1. The maximum atomic E-state index is 9.83. The Labute approximate surface area is 119 Å². The maximum absolute atomic E-state index is 9.83.